The summed E-state index contributed by atoms with van der Waals surface area (Å²) < 4.78 is 0. The van der Waals surface area contributed by atoms with E-state index in [2.05, 4.69) is 24.4 Å². The molecule has 0 atom stereocenters. The summed E-state index contributed by atoms with van der Waals surface area (Å²) in [6.07, 6.45) is 2.95. The first-order valence-electron chi connectivity index (χ1n) is 6.76. The second kappa shape index (κ2) is 7.13. The Bertz CT molecular complexity index is 335. The van der Waals surface area contributed by atoms with E-state index in [9.17, 15) is 9.59 Å². The van der Waals surface area contributed by atoms with Crippen LogP contribution in [0.2, 0.25) is 0 Å². The predicted octanol–water partition coefficient (Wildman–Crippen LogP) is 1.54. The molecular formula is C13H23N3O2. The van der Waals surface area contributed by atoms with Crippen molar-refractivity contribution in [3.8, 4) is 0 Å². The van der Waals surface area contributed by atoms with Gasteiger partial charge in [0.1, 0.15) is 5.71 Å². The number of hydrogen-bond donors (Lipinski definition) is 1. The molecule has 5 nitrogen and oxygen atoms in total. The van der Waals surface area contributed by atoms with E-state index in [4.69, 9.17) is 0 Å². The van der Waals surface area contributed by atoms with Crippen molar-refractivity contribution in [1.29, 1.82) is 0 Å². The van der Waals surface area contributed by atoms with Crippen molar-refractivity contribution in [3.63, 3.8) is 0 Å². The molecule has 102 valence electrons. The molecule has 1 rings (SSSR count). The van der Waals surface area contributed by atoms with Crippen LogP contribution in [0, 0.1) is 5.92 Å². The van der Waals surface area contributed by atoms with E-state index in [1.165, 1.54) is 0 Å². The van der Waals surface area contributed by atoms with Crippen molar-refractivity contribution in [2.24, 2.45) is 11.0 Å². The zero-order chi connectivity index (χ0) is 13.5. The van der Waals surface area contributed by atoms with Crippen LogP contribution in [0.5, 0.6) is 0 Å². The molecule has 0 aromatic rings. The summed E-state index contributed by atoms with van der Waals surface area (Å²) >= 11 is 0. The molecule has 5 heteroatoms. The molecule has 0 saturated heterocycles. The molecule has 1 aliphatic rings. The fraction of sp³-hybridized carbons (Fsp3) is 0.769. The third kappa shape index (κ3) is 3.82. The van der Waals surface area contributed by atoms with Crippen LogP contribution >= 0.6 is 0 Å². The maximum absolute atomic E-state index is 12.2. The molecule has 0 aliphatic carbocycles. The molecule has 0 spiro atoms. The van der Waals surface area contributed by atoms with Gasteiger partial charge in [0, 0.05) is 25.9 Å². The standard InChI is InChI=1S/C13H23N3O2/c1-4-10(5-2)9-16(6-3)13(18)11-7-8-12(17)15-14-11/h10H,4-9H2,1-3H3,(H,15,17). The van der Waals surface area contributed by atoms with Gasteiger partial charge in [-0.3, -0.25) is 9.59 Å². The van der Waals surface area contributed by atoms with Crippen molar-refractivity contribution in [1.82, 2.24) is 10.3 Å². The maximum atomic E-state index is 12.2. The van der Waals surface area contributed by atoms with Crippen LogP contribution < -0.4 is 5.43 Å². The number of carbonyl (C=O) groups is 2. The average molecular weight is 253 g/mol. The first-order valence-corrected chi connectivity index (χ1v) is 6.76. The minimum absolute atomic E-state index is 0.0376. The Kier molecular flexibility index (Phi) is 5.82. The maximum Gasteiger partial charge on any atom is 0.270 e. The molecule has 0 radical (unpaired) electrons. The van der Waals surface area contributed by atoms with E-state index in [-0.39, 0.29) is 11.8 Å². The molecule has 1 aliphatic heterocycles. The van der Waals surface area contributed by atoms with Gasteiger partial charge in [0.05, 0.1) is 0 Å². The Hall–Kier alpha value is -1.39. The summed E-state index contributed by atoms with van der Waals surface area (Å²) in [7, 11) is 0. The van der Waals surface area contributed by atoms with E-state index in [1.807, 2.05) is 11.8 Å². The highest BCUT2D eigenvalue weighted by molar-refractivity contribution is 6.39. The largest absolute Gasteiger partial charge is 0.338 e. The Morgan fingerprint density at radius 1 is 1.33 bits per heavy atom. The van der Waals surface area contributed by atoms with Gasteiger partial charge in [-0.2, -0.15) is 5.10 Å². The molecule has 0 saturated carbocycles. The van der Waals surface area contributed by atoms with Crippen molar-refractivity contribution < 1.29 is 9.59 Å². The van der Waals surface area contributed by atoms with Crippen molar-refractivity contribution in [3.05, 3.63) is 0 Å². The fourth-order valence-electron chi connectivity index (χ4n) is 2.02. The third-order valence-electron chi connectivity index (χ3n) is 3.45. The first kappa shape index (κ1) is 14.7. The first-order chi connectivity index (χ1) is 8.62. The lowest BCUT2D eigenvalue weighted by atomic mass is 10.0. The number of hydrazone groups is 1. The second-order valence-corrected chi connectivity index (χ2v) is 4.62. The molecule has 0 aromatic heterocycles. The van der Waals surface area contributed by atoms with Gasteiger partial charge < -0.3 is 4.90 Å². The minimum Gasteiger partial charge on any atom is -0.338 e. The molecular weight excluding hydrogens is 230 g/mol. The van der Waals surface area contributed by atoms with Crippen LogP contribution in [0.4, 0.5) is 0 Å². The smallest absolute Gasteiger partial charge is 0.270 e. The predicted molar refractivity (Wildman–Crippen MR) is 71.1 cm³/mol. The van der Waals surface area contributed by atoms with Gasteiger partial charge in [-0.25, -0.2) is 5.43 Å². The molecule has 2 amide bonds. The van der Waals surface area contributed by atoms with E-state index in [0.29, 0.717) is 31.0 Å². The highest BCUT2D eigenvalue weighted by Gasteiger charge is 2.23. The normalized spacial score (nSPS) is 15.3. The van der Waals surface area contributed by atoms with Crippen LogP contribution in [0.3, 0.4) is 0 Å². The summed E-state index contributed by atoms with van der Waals surface area (Å²) in [5.41, 5.74) is 2.85. The Morgan fingerprint density at radius 2 is 2.00 bits per heavy atom. The molecule has 1 heterocycles. The highest BCUT2D eigenvalue weighted by Crippen LogP contribution is 2.11. The van der Waals surface area contributed by atoms with E-state index in [1.54, 1.807) is 0 Å². The SMILES string of the molecule is CCC(CC)CN(CC)C(=O)C1=NNC(=O)CC1. The summed E-state index contributed by atoms with van der Waals surface area (Å²) in [4.78, 5) is 25.1. The molecule has 1 N–H and O–H groups in total. The zero-order valence-electron chi connectivity index (χ0n) is 11.5. The fourth-order valence-corrected chi connectivity index (χ4v) is 2.02. The molecule has 18 heavy (non-hydrogen) atoms. The van der Waals surface area contributed by atoms with E-state index < -0.39 is 0 Å². The molecule has 0 aromatic carbocycles. The number of carbonyl (C=O) groups excluding carboxylic acids is 2. The van der Waals surface area contributed by atoms with Gasteiger partial charge in [-0.1, -0.05) is 26.7 Å². The molecule has 0 fully saturated rings. The lowest BCUT2D eigenvalue weighted by Gasteiger charge is -2.26. The summed E-state index contributed by atoms with van der Waals surface area (Å²) in [6, 6.07) is 0. The van der Waals surface area contributed by atoms with Crippen LogP contribution in [0.15, 0.2) is 5.10 Å². The quantitative estimate of drug-likeness (QED) is 0.780. The number of nitrogens with zero attached hydrogens (tertiary/aromatic N) is 2. The Labute approximate surface area is 109 Å². The lowest BCUT2D eigenvalue weighted by Crippen LogP contribution is -2.42. The van der Waals surface area contributed by atoms with Crippen LogP contribution in [0.25, 0.3) is 0 Å². The second-order valence-electron chi connectivity index (χ2n) is 4.62. The van der Waals surface area contributed by atoms with E-state index >= 15 is 0 Å². The van der Waals surface area contributed by atoms with Gasteiger partial charge in [0.2, 0.25) is 5.91 Å². The topological polar surface area (TPSA) is 61.8 Å². The molecule has 0 unspecified atom stereocenters. The zero-order valence-corrected chi connectivity index (χ0v) is 11.5. The minimum atomic E-state index is -0.116. The number of amides is 2. The van der Waals surface area contributed by atoms with E-state index in [0.717, 1.165) is 19.4 Å². The summed E-state index contributed by atoms with van der Waals surface area (Å²) in [6.45, 7) is 7.72. The van der Waals surface area contributed by atoms with Gasteiger partial charge in [0.15, 0.2) is 0 Å². The highest BCUT2D eigenvalue weighted by atomic mass is 16.2. The van der Waals surface area contributed by atoms with Gasteiger partial charge in [0.25, 0.3) is 5.91 Å². The Balaban J connectivity index is 2.64. The van der Waals surface area contributed by atoms with Crippen LogP contribution in [0.1, 0.15) is 46.5 Å². The summed E-state index contributed by atoms with van der Waals surface area (Å²) in [5.74, 6) is 0.381. The van der Waals surface area contributed by atoms with Crippen molar-refractivity contribution >= 4 is 17.5 Å². The number of rotatable bonds is 6. The van der Waals surface area contributed by atoms with Gasteiger partial charge >= 0.3 is 0 Å². The van der Waals surface area contributed by atoms with Crippen molar-refractivity contribution in [2.75, 3.05) is 13.1 Å². The van der Waals surface area contributed by atoms with Crippen LogP contribution in [-0.2, 0) is 9.59 Å². The Morgan fingerprint density at radius 3 is 2.44 bits per heavy atom. The average Bonchev–Trinajstić information content (AvgIpc) is 2.40. The van der Waals surface area contributed by atoms with Gasteiger partial charge in [-0.05, 0) is 12.8 Å². The van der Waals surface area contributed by atoms with Gasteiger partial charge in [-0.15, -0.1) is 0 Å². The van der Waals surface area contributed by atoms with Crippen LogP contribution in [-0.4, -0.2) is 35.5 Å². The number of nitrogens with one attached hydrogen (secondary N) is 1. The number of hydrogen-bond acceptors (Lipinski definition) is 3. The molecule has 0 bridgehead atoms. The third-order valence-corrected chi connectivity index (χ3v) is 3.45. The van der Waals surface area contributed by atoms with Crippen molar-refractivity contribution in [2.45, 2.75) is 46.5 Å². The monoisotopic (exact) mass is 253 g/mol. The lowest BCUT2D eigenvalue weighted by molar-refractivity contribution is -0.125. The summed E-state index contributed by atoms with van der Waals surface area (Å²) in [5, 5.41) is 3.86.